The highest BCUT2D eigenvalue weighted by Crippen LogP contribution is 2.40. The minimum absolute atomic E-state index is 0.0591. The summed E-state index contributed by atoms with van der Waals surface area (Å²) in [6.07, 6.45) is 0. The normalized spacial score (nSPS) is 12.3. The van der Waals surface area contributed by atoms with Gasteiger partial charge in [-0.1, -0.05) is 34.8 Å². The third kappa shape index (κ3) is 3.12. The highest BCUT2D eigenvalue weighted by atomic mass is 35.5. The topological polar surface area (TPSA) is 94.9 Å². The lowest BCUT2D eigenvalue weighted by Crippen LogP contribution is -2.53. The van der Waals surface area contributed by atoms with Crippen molar-refractivity contribution in [3.05, 3.63) is 27.2 Å². The molecule has 0 unspecified atom stereocenters. The molecule has 0 bridgehead atoms. The van der Waals surface area contributed by atoms with E-state index in [-0.39, 0.29) is 25.1 Å². The van der Waals surface area contributed by atoms with Crippen molar-refractivity contribution >= 4 is 56.8 Å². The molecule has 0 aliphatic carbocycles. The van der Waals surface area contributed by atoms with Crippen LogP contribution in [0.15, 0.2) is 12.1 Å². The lowest BCUT2D eigenvalue weighted by Gasteiger charge is -2.34. The van der Waals surface area contributed by atoms with Crippen LogP contribution in [0.1, 0.15) is 13.8 Å². The summed E-state index contributed by atoms with van der Waals surface area (Å²) in [6.45, 7) is 2.17. The van der Waals surface area contributed by atoms with Crippen molar-refractivity contribution in [1.29, 1.82) is 0 Å². The van der Waals surface area contributed by atoms with Crippen LogP contribution in [0.5, 0.6) is 0 Å². The van der Waals surface area contributed by atoms with E-state index in [9.17, 15) is 17.8 Å². The molecule has 20 heavy (non-hydrogen) atoms. The molecular weight excluding hydrogens is 353 g/mol. The van der Waals surface area contributed by atoms with Crippen LogP contribution >= 0.6 is 34.8 Å². The molecule has 0 heterocycles. The van der Waals surface area contributed by atoms with Crippen molar-refractivity contribution < 1.29 is 22.9 Å². The maximum atomic E-state index is 11.5. The smallest absolute Gasteiger partial charge is 0.361 e. The van der Waals surface area contributed by atoms with Crippen LogP contribution in [0.3, 0.4) is 0 Å². The van der Waals surface area contributed by atoms with Gasteiger partial charge in [-0.25, -0.2) is 9.10 Å². The summed E-state index contributed by atoms with van der Waals surface area (Å²) >= 11 is 17.4. The first kappa shape index (κ1) is 17.3. The van der Waals surface area contributed by atoms with Gasteiger partial charge in [0, 0.05) is 0 Å². The molecular formula is C10H10Cl3NO5S. The second-order valence-corrected chi connectivity index (χ2v) is 6.72. The monoisotopic (exact) mass is 361 g/mol. The predicted molar refractivity (Wildman–Crippen MR) is 77.2 cm³/mol. The highest BCUT2D eigenvalue weighted by Gasteiger charge is 2.43. The van der Waals surface area contributed by atoms with Gasteiger partial charge in [0.1, 0.15) is 5.54 Å². The van der Waals surface area contributed by atoms with E-state index in [2.05, 4.69) is 0 Å². The molecule has 0 fully saturated rings. The van der Waals surface area contributed by atoms with Crippen LogP contribution in [0.2, 0.25) is 15.1 Å². The second-order valence-electron chi connectivity index (χ2n) is 4.30. The van der Waals surface area contributed by atoms with Crippen LogP contribution in [-0.4, -0.2) is 29.6 Å². The summed E-state index contributed by atoms with van der Waals surface area (Å²) in [5.74, 6) is -1.49. The van der Waals surface area contributed by atoms with E-state index in [1.807, 2.05) is 0 Å². The zero-order chi connectivity index (χ0) is 15.9. The number of anilines is 1. The van der Waals surface area contributed by atoms with E-state index < -0.39 is 21.8 Å². The largest absolute Gasteiger partial charge is 0.479 e. The van der Waals surface area contributed by atoms with Crippen LogP contribution in [-0.2, 0) is 15.1 Å². The number of halogens is 3. The average molecular weight is 363 g/mol. The number of carbonyl (C=O) groups is 1. The maximum absolute atomic E-state index is 11.5. The molecule has 6 nitrogen and oxygen atoms in total. The Kier molecular flexibility index (Phi) is 4.83. The standard InChI is InChI=1S/C10H10Cl3NO5S/c1-10(2,9(15)16)14(20(17,18)19)6-4-3-5(11)7(12)8(6)13/h3-4H,1-2H3,(H,15,16)(H,17,18,19). The molecule has 0 aliphatic heterocycles. The molecule has 1 aromatic carbocycles. The Balaban J connectivity index is 3.66. The first-order valence-corrected chi connectivity index (χ1v) is 7.58. The number of benzene rings is 1. The molecule has 1 rings (SSSR count). The molecule has 10 heteroatoms. The lowest BCUT2D eigenvalue weighted by molar-refractivity contribution is -0.141. The lowest BCUT2D eigenvalue weighted by atomic mass is 10.1. The van der Waals surface area contributed by atoms with Crippen molar-refractivity contribution in [2.45, 2.75) is 19.4 Å². The van der Waals surface area contributed by atoms with Gasteiger partial charge < -0.3 is 5.11 Å². The fourth-order valence-corrected chi connectivity index (χ4v) is 3.19. The van der Waals surface area contributed by atoms with E-state index in [1.54, 1.807) is 0 Å². The molecule has 0 saturated carbocycles. The SMILES string of the molecule is CC(C)(C(=O)O)N(c1ccc(Cl)c(Cl)c1Cl)S(=O)(=O)O. The molecule has 1 aromatic rings. The predicted octanol–water partition coefficient (Wildman–Crippen LogP) is 3.12. The molecule has 0 radical (unpaired) electrons. The van der Waals surface area contributed by atoms with Gasteiger partial charge in [0.25, 0.3) is 0 Å². The van der Waals surface area contributed by atoms with E-state index in [0.29, 0.717) is 0 Å². The molecule has 0 spiro atoms. The van der Waals surface area contributed by atoms with Crippen LogP contribution in [0.4, 0.5) is 5.69 Å². The van der Waals surface area contributed by atoms with Crippen LogP contribution in [0.25, 0.3) is 0 Å². The molecule has 0 atom stereocenters. The van der Waals surface area contributed by atoms with Gasteiger partial charge >= 0.3 is 16.3 Å². The first-order chi connectivity index (χ1) is 8.90. The van der Waals surface area contributed by atoms with Crippen molar-refractivity contribution in [1.82, 2.24) is 0 Å². The number of carboxylic acids is 1. The number of carboxylic acid groups (broad SMARTS) is 1. The maximum Gasteiger partial charge on any atom is 0.361 e. The summed E-state index contributed by atoms with van der Waals surface area (Å²) < 4.78 is 32.6. The van der Waals surface area contributed by atoms with Crippen molar-refractivity contribution in [2.75, 3.05) is 4.31 Å². The fraction of sp³-hybridized carbons (Fsp3) is 0.300. The quantitative estimate of drug-likeness (QED) is 0.634. The minimum Gasteiger partial charge on any atom is -0.479 e. The van der Waals surface area contributed by atoms with Crippen LogP contribution < -0.4 is 4.31 Å². The Morgan fingerprint density at radius 2 is 1.70 bits per heavy atom. The molecule has 0 aliphatic rings. The van der Waals surface area contributed by atoms with E-state index >= 15 is 0 Å². The number of aliphatic carboxylic acids is 1. The molecule has 0 saturated heterocycles. The Hall–Kier alpha value is -0.730. The zero-order valence-electron chi connectivity index (χ0n) is 10.3. The van der Waals surface area contributed by atoms with E-state index in [1.165, 1.54) is 6.07 Å². The molecule has 0 aromatic heterocycles. The number of rotatable bonds is 4. The minimum atomic E-state index is -4.91. The molecule has 2 N–H and O–H groups in total. The summed E-state index contributed by atoms with van der Waals surface area (Å²) in [7, 11) is -4.91. The van der Waals surface area contributed by atoms with E-state index in [4.69, 9.17) is 39.9 Å². The van der Waals surface area contributed by atoms with Gasteiger partial charge in [0.05, 0.1) is 20.8 Å². The summed E-state index contributed by atoms with van der Waals surface area (Å²) in [5.41, 5.74) is -2.29. The summed E-state index contributed by atoms with van der Waals surface area (Å²) in [5, 5.41) is 8.75. The number of nitrogens with zero attached hydrogens (tertiary/aromatic N) is 1. The van der Waals surface area contributed by atoms with Gasteiger partial charge in [-0.15, -0.1) is 0 Å². The van der Waals surface area contributed by atoms with Gasteiger partial charge in [0.15, 0.2) is 0 Å². The average Bonchev–Trinajstić information content (AvgIpc) is 2.27. The van der Waals surface area contributed by atoms with Gasteiger partial charge in [-0.2, -0.15) is 8.42 Å². The summed E-state index contributed by atoms with van der Waals surface area (Å²) in [6, 6.07) is 2.39. The van der Waals surface area contributed by atoms with Gasteiger partial charge in [0.2, 0.25) is 0 Å². The van der Waals surface area contributed by atoms with Crippen molar-refractivity contribution in [3.8, 4) is 0 Å². The number of hydrogen-bond donors (Lipinski definition) is 2. The Bertz CT molecular complexity index is 659. The number of hydrogen-bond acceptors (Lipinski definition) is 3. The third-order valence-electron chi connectivity index (χ3n) is 2.50. The van der Waals surface area contributed by atoms with Crippen LogP contribution in [0, 0.1) is 0 Å². The Morgan fingerprint density at radius 3 is 2.10 bits per heavy atom. The fourth-order valence-electron chi connectivity index (χ4n) is 1.47. The molecule has 0 amide bonds. The first-order valence-electron chi connectivity index (χ1n) is 5.05. The van der Waals surface area contributed by atoms with E-state index in [0.717, 1.165) is 19.9 Å². The summed E-state index contributed by atoms with van der Waals surface area (Å²) in [4.78, 5) is 11.2. The van der Waals surface area contributed by atoms with Gasteiger partial charge in [-0.3, -0.25) is 4.55 Å². The molecule has 112 valence electrons. The Labute approximate surface area is 130 Å². The van der Waals surface area contributed by atoms with Crippen molar-refractivity contribution in [3.63, 3.8) is 0 Å². The zero-order valence-corrected chi connectivity index (χ0v) is 13.3. The Morgan fingerprint density at radius 1 is 1.20 bits per heavy atom. The van der Waals surface area contributed by atoms with Gasteiger partial charge in [-0.05, 0) is 26.0 Å². The highest BCUT2D eigenvalue weighted by molar-refractivity contribution is 7.87. The van der Waals surface area contributed by atoms with Crippen molar-refractivity contribution in [2.24, 2.45) is 0 Å². The second kappa shape index (κ2) is 5.57. The third-order valence-corrected chi connectivity index (χ3v) is 4.89.